The molecule has 2 rings (SSSR count). The first-order chi connectivity index (χ1) is 8.80. The molecule has 2 aromatic rings. The fourth-order valence-electron chi connectivity index (χ4n) is 1.87. The second-order valence-corrected chi connectivity index (χ2v) is 4.54. The highest BCUT2D eigenvalue weighted by molar-refractivity contribution is 7.98. The van der Waals surface area contributed by atoms with E-state index >= 15 is 0 Å². The van der Waals surface area contributed by atoms with Gasteiger partial charge in [-0.05, 0) is 29.3 Å². The topological polar surface area (TPSA) is 47.6 Å². The fraction of sp³-hybridized carbons (Fsp3) is 0.0667. The maximum Gasteiger partial charge on any atom is 0.130 e. The monoisotopic (exact) mass is 250 g/mol. The maximum atomic E-state index is 8.84. The molecule has 0 spiro atoms. The Labute approximate surface area is 110 Å². The summed E-state index contributed by atoms with van der Waals surface area (Å²) in [6, 6.07) is 15.8. The van der Waals surface area contributed by atoms with Crippen LogP contribution in [0.3, 0.4) is 0 Å². The first-order valence-corrected chi connectivity index (χ1v) is 6.60. The number of thioether (sulfide) groups is 1. The quantitative estimate of drug-likeness (QED) is 0.598. The average molecular weight is 250 g/mol. The van der Waals surface area contributed by atoms with E-state index in [1.807, 2.05) is 54.8 Å². The third-order valence-corrected chi connectivity index (χ3v) is 3.44. The van der Waals surface area contributed by atoms with Gasteiger partial charge in [0, 0.05) is 10.3 Å². The second-order valence-electron chi connectivity index (χ2n) is 3.69. The minimum absolute atomic E-state index is 0.124. The minimum atomic E-state index is 0.124. The Morgan fingerprint density at radius 1 is 1.11 bits per heavy atom. The van der Waals surface area contributed by atoms with Crippen LogP contribution in [0.15, 0.2) is 46.9 Å². The van der Waals surface area contributed by atoms with E-state index in [1.54, 1.807) is 17.8 Å². The molecule has 0 radical (unpaired) electrons. The van der Waals surface area contributed by atoms with Gasteiger partial charge < -0.3 is 0 Å². The van der Waals surface area contributed by atoms with Crippen molar-refractivity contribution in [3.63, 3.8) is 0 Å². The summed E-state index contributed by atoms with van der Waals surface area (Å²) in [6.07, 6.45) is 3.66. The number of fused-ring (bicyclic) bond motifs is 1. The van der Waals surface area contributed by atoms with E-state index in [9.17, 15) is 0 Å². The van der Waals surface area contributed by atoms with Gasteiger partial charge in [-0.25, -0.2) is 0 Å². The highest BCUT2D eigenvalue weighted by Crippen LogP contribution is 2.30. The number of hydrogen-bond acceptors (Lipinski definition) is 3. The van der Waals surface area contributed by atoms with Crippen molar-refractivity contribution in [2.45, 2.75) is 4.90 Å². The molecule has 0 fully saturated rings. The van der Waals surface area contributed by atoms with Crippen molar-refractivity contribution in [1.82, 2.24) is 0 Å². The lowest BCUT2D eigenvalue weighted by Crippen LogP contribution is -1.83. The number of allylic oxidation sites excluding steroid dienone is 1. The van der Waals surface area contributed by atoms with Gasteiger partial charge in [0.2, 0.25) is 0 Å². The fourth-order valence-corrected chi connectivity index (χ4v) is 2.52. The van der Waals surface area contributed by atoms with Crippen LogP contribution in [0.4, 0.5) is 0 Å². The Kier molecular flexibility index (Phi) is 3.67. The van der Waals surface area contributed by atoms with Crippen LogP contribution in [0.1, 0.15) is 5.56 Å². The maximum absolute atomic E-state index is 8.84. The molecule has 2 aromatic carbocycles. The van der Waals surface area contributed by atoms with Crippen LogP contribution in [0.2, 0.25) is 0 Å². The van der Waals surface area contributed by atoms with E-state index in [2.05, 4.69) is 0 Å². The van der Waals surface area contributed by atoms with Crippen LogP contribution in [-0.2, 0) is 0 Å². The Hall–Kier alpha value is -2.23. The number of nitriles is 2. The third-order valence-electron chi connectivity index (χ3n) is 2.66. The van der Waals surface area contributed by atoms with Gasteiger partial charge in [-0.15, -0.1) is 11.8 Å². The van der Waals surface area contributed by atoms with Gasteiger partial charge in [0.25, 0.3) is 0 Å². The standard InChI is InChI=1S/C15H10N2S/c1-18-14-7-3-5-12-4-2-6-13(15(12)14)8-11(9-16)10-17/h2-8H,1H3. The largest absolute Gasteiger partial charge is 0.192 e. The van der Waals surface area contributed by atoms with Gasteiger partial charge in [-0.1, -0.05) is 30.3 Å². The zero-order chi connectivity index (χ0) is 13.0. The molecule has 18 heavy (non-hydrogen) atoms. The summed E-state index contributed by atoms with van der Waals surface area (Å²) in [6.45, 7) is 0. The van der Waals surface area contributed by atoms with Crippen LogP contribution in [0.5, 0.6) is 0 Å². The second kappa shape index (κ2) is 5.40. The zero-order valence-electron chi connectivity index (χ0n) is 9.84. The Morgan fingerprint density at radius 2 is 1.78 bits per heavy atom. The molecule has 0 aromatic heterocycles. The summed E-state index contributed by atoms with van der Waals surface area (Å²) in [5, 5.41) is 19.9. The smallest absolute Gasteiger partial charge is 0.130 e. The summed E-state index contributed by atoms with van der Waals surface area (Å²) in [5.41, 5.74) is 1.04. The summed E-state index contributed by atoms with van der Waals surface area (Å²) < 4.78 is 0. The van der Waals surface area contributed by atoms with E-state index < -0.39 is 0 Å². The third kappa shape index (κ3) is 2.22. The molecule has 0 saturated carbocycles. The molecule has 86 valence electrons. The molecule has 0 amide bonds. The number of hydrogen-bond donors (Lipinski definition) is 0. The summed E-state index contributed by atoms with van der Waals surface area (Å²) in [5.74, 6) is 0. The van der Waals surface area contributed by atoms with Crippen molar-refractivity contribution >= 4 is 28.6 Å². The van der Waals surface area contributed by atoms with Crippen LogP contribution in [0.25, 0.3) is 16.8 Å². The van der Waals surface area contributed by atoms with Crippen LogP contribution in [0, 0.1) is 22.7 Å². The van der Waals surface area contributed by atoms with Gasteiger partial charge in [0.05, 0.1) is 0 Å². The molecule has 0 aliphatic heterocycles. The number of rotatable bonds is 2. The first-order valence-electron chi connectivity index (χ1n) is 5.37. The lowest BCUT2D eigenvalue weighted by atomic mass is 10.0. The van der Waals surface area contributed by atoms with Gasteiger partial charge in [0.15, 0.2) is 0 Å². The van der Waals surface area contributed by atoms with E-state index in [0.717, 1.165) is 21.2 Å². The molecule has 0 aliphatic rings. The van der Waals surface area contributed by atoms with Gasteiger partial charge >= 0.3 is 0 Å². The molecule has 0 aliphatic carbocycles. The predicted octanol–water partition coefficient (Wildman–Crippen LogP) is 3.99. The van der Waals surface area contributed by atoms with Crippen molar-refractivity contribution in [2.75, 3.05) is 6.26 Å². The molecule has 3 heteroatoms. The van der Waals surface area contributed by atoms with E-state index in [4.69, 9.17) is 10.5 Å². The van der Waals surface area contributed by atoms with E-state index in [0.29, 0.717) is 0 Å². The zero-order valence-corrected chi connectivity index (χ0v) is 10.7. The van der Waals surface area contributed by atoms with Crippen molar-refractivity contribution in [2.24, 2.45) is 0 Å². The van der Waals surface area contributed by atoms with E-state index in [1.165, 1.54) is 0 Å². The molecule has 0 bridgehead atoms. The van der Waals surface area contributed by atoms with Crippen molar-refractivity contribution < 1.29 is 0 Å². The van der Waals surface area contributed by atoms with Crippen LogP contribution in [-0.4, -0.2) is 6.26 Å². The summed E-state index contributed by atoms with van der Waals surface area (Å²) >= 11 is 1.66. The number of nitrogens with zero attached hydrogens (tertiary/aromatic N) is 2. The normalized spacial score (nSPS) is 9.50. The Balaban J connectivity index is 2.77. The first kappa shape index (κ1) is 12.2. The molecule has 0 N–H and O–H groups in total. The van der Waals surface area contributed by atoms with Gasteiger partial charge in [0.1, 0.15) is 17.7 Å². The molecule has 0 saturated heterocycles. The minimum Gasteiger partial charge on any atom is -0.192 e. The molecule has 0 heterocycles. The van der Waals surface area contributed by atoms with Crippen molar-refractivity contribution in [3.05, 3.63) is 47.5 Å². The average Bonchev–Trinajstić information content (AvgIpc) is 2.44. The lowest BCUT2D eigenvalue weighted by molar-refractivity contribution is 1.47. The van der Waals surface area contributed by atoms with Gasteiger partial charge in [-0.2, -0.15) is 10.5 Å². The highest BCUT2D eigenvalue weighted by atomic mass is 32.2. The summed E-state index contributed by atoms with van der Waals surface area (Å²) in [4.78, 5) is 1.15. The van der Waals surface area contributed by atoms with Crippen molar-refractivity contribution in [3.8, 4) is 12.1 Å². The molecule has 0 unspecified atom stereocenters. The highest BCUT2D eigenvalue weighted by Gasteiger charge is 2.05. The SMILES string of the molecule is CSc1cccc2cccc(C=C(C#N)C#N)c12. The van der Waals surface area contributed by atoms with Crippen LogP contribution >= 0.6 is 11.8 Å². The lowest BCUT2D eigenvalue weighted by Gasteiger charge is -2.07. The molecule has 2 nitrogen and oxygen atoms in total. The number of benzene rings is 2. The van der Waals surface area contributed by atoms with E-state index in [-0.39, 0.29) is 5.57 Å². The molecular formula is C15H10N2S. The van der Waals surface area contributed by atoms with Crippen molar-refractivity contribution in [1.29, 1.82) is 10.5 Å². The Bertz CT molecular complexity index is 681. The van der Waals surface area contributed by atoms with Crippen LogP contribution < -0.4 is 0 Å². The molecule has 0 atom stereocenters. The predicted molar refractivity (Wildman–Crippen MR) is 74.9 cm³/mol. The summed E-state index contributed by atoms with van der Waals surface area (Å²) in [7, 11) is 0. The Morgan fingerprint density at radius 3 is 2.39 bits per heavy atom. The van der Waals surface area contributed by atoms with Gasteiger partial charge in [-0.3, -0.25) is 0 Å². The molecular weight excluding hydrogens is 240 g/mol.